The number of aryl methyl sites for hydroxylation is 2. The van der Waals surface area contributed by atoms with Gasteiger partial charge in [0.15, 0.2) is 5.82 Å². The fourth-order valence-electron chi connectivity index (χ4n) is 2.76. The lowest BCUT2D eigenvalue weighted by molar-refractivity contribution is 0.137. The zero-order valence-corrected chi connectivity index (χ0v) is 15.5. The summed E-state index contributed by atoms with van der Waals surface area (Å²) in [7, 11) is 0. The molecule has 2 aromatic heterocycles. The minimum absolute atomic E-state index is 0.210. The molecule has 25 heavy (non-hydrogen) atoms. The van der Waals surface area contributed by atoms with Crippen molar-refractivity contribution in [3.63, 3.8) is 0 Å². The molecule has 0 aliphatic carbocycles. The van der Waals surface area contributed by atoms with Gasteiger partial charge in [0.1, 0.15) is 11.0 Å². The van der Waals surface area contributed by atoms with Gasteiger partial charge in [-0.25, -0.2) is 4.98 Å². The SMILES string of the molecule is CCOCCn1nc(CC)c2nc(Cl)nc(Nc3cccc(C)c3)c21. The molecule has 0 unspecified atom stereocenters. The van der Waals surface area contributed by atoms with Gasteiger partial charge in [0.2, 0.25) is 5.28 Å². The maximum absolute atomic E-state index is 6.16. The number of benzene rings is 1. The number of hydrogen-bond donors (Lipinski definition) is 1. The normalized spacial score (nSPS) is 11.2. The van der Waals surface area contributed by atoms with Crippen LogP contribution in [0, 0.1) is 6.92 Å². The number of halogens is 1. The van der Waals surface area contributed by atoms with Crippen molar-refractivity contribution < 1.29 is 4.74 Å². The Morgan fingerprint density at radius 2 is 2.08 bits per heavy atom. The molecule has 132 valence electrons. The molecule has 7 heteroatoms. The smallest absolute Gasteiger partial charge is 0.225 e. The molecule has 3 rings (SSSR count). The van der Waals surface area contributed by atoms with Gasteiger partial charge in [0.05, 0.1) is 18.8 Å². The number of ether oxygens (including phenoxy) is 1. The van der Waals surface area contributed by atoms with Crippen LogP contribution in [0.2, 0.25) is 5.28 Å². The van der Waals surface area contributed by atoms with Crippen LogP contribution in [0.3, 0.4) is 0 Å². The molecule has 6 nitrogen and oxygen atoms in total. The van der Waals surface area contributed by atoms with Gasteiger partial charge in [-0.1, -0.05) is 19.1 Å². The van der Waals surface area contributed by atoms with Crippen molar-refractivity contribution in [1.29, 1.82) is 0 Å². The van der Waals surface area contributed by atoms with E-state index in [0.717, 1.165) is 28.8 Å². The van der Waals surface area contributed by atoms with E-state index < -0.39 is 0 Å². The maximum atomic E-state index is 6.16. The third-order valence-electron chi connectivity index (χ3n) is 3.90. The van der Waals surface area contributed by atoms with Gasteiger partial charge < -0.3 is 10.1 Å². The first kappa shape index (κ1) is 17.6. The van der Waals surface area contributed by atoms with E-state index in [-0.39, 0.29) is 5.28 Å². The quantitative estimate of drug-likeness (QED) is 0.507. The van der Waals surface area contributed by atoms with E-state index in [1.807, 2.05) is 23.7 Å². The van der Waals surface area contributed by atoms with Crippen LogP contribution in [0.4, 0.5) is 11.5 Å². The highest BCUT2D eigenvalue weighted by Gasteiger charge is 2.17. The molecule has 3 aromatic rings. The van der Waals surface area contributed by atoms with E-state index in [2.05, 4.69) is 46.4 Å². The van der Waals surface area contributed by atoms with Crippen LogP contribution in [-0.4, -0.2) is 33.0 Å². The standard InChI is InChI=1S/C18H22ClN5O/c1-4-14-15-16(24(23-14)9-10-25-5-2)17(22-18(19)21-15)20-13-8-6-7-12(3)11-13/h6-8,11H,4-5,9-10H2,1-3H3,(H,20,21,22). The second kappa shape index (κ2) is 7.80. The molecule has 0 saturated heterocycles. The van der Waals surface area contributed by atoms with Crippen molar-refractivity contribution >= 4 is 34.1 Å². The Labute approximate surface area is 152 Å². The topological polar surface area (TPSA) is 64.9 Å². The predicted molar refractivity (Wildman–Crippen MR) is 101 cm³/mol. The van der Waals surface area contributed by atoms with Gasteiger partial charge in [0.25, 0.3) is 0 Å². The zero-order valence-electron chi connectivity index (χ0n) is 14.7. The number of anilines is 2. The summed E-state index contributed by atoms with van der Waals surface area (Å²) in [5.74, 6) is 0.657. The minimum Gasteiger partial charge on any atom is -0.380 e. The fourth-order valence-corrected chi connectivity index (χ4v) is 2.93. The molecule has 0 amide bonds. The summed E-state index contributed by atoms with van der Waals surface area (Å²) in [6.45, 7) is 7.98. The molecular formula is C18H22ClN5O. The van der Waals surface area contributed by atoms with E-state index in [4.69, 9.17) is 16.3 Å². The maximum Gasteiger partial charge on any atom is 0.225 e. The van der Waals surface area contributed by atoms with E-state index in [9.17, 15) is 0 Å². The summed E-state index contributed by atoms with van der Waals surface area (Å²) in [4.78, 5) is 8.81. The Hall–Kier alpha value is -2.18. The average Bonchev–Trinajstić information content (AvgIpc) is 2.93. The largest absolute Gasteiger partial charge is 0.380 e. The first-order valence-corrected chi connectivity index (χ1v) is 8.84. The fraction of sp³-hybridized carbons (Fsp3) is 0.389. The summed E-state index contributed by atoms with van der Waals surface area (Å²) >= 11 is 6.16. The van der Waals surface area contributed by atoms with Crippen molar-refractivity contribution in [2.75, 3.05) is 18.5 Å². The molecule has 0 aliphatic heterocycles. The van der Waals surface area contributed by atoms with E-state index >= 15 is 0 Å². The summed E-state index contributed by atoms with van der Waals surface area (Å²) in [6, 6.07) is 8.11. The Morgan fingerprint density at radius 1 is 1.24 bits per heavy atom. The lowest BCUT2D eigenvalue weighted by Gasteiger charge is -2.10. The van der Waals surface area contributed by atoms with Crippen LogP contribution in [0.1, 0.15) is 25.1 Å². The summed E-state index contributed by atoms with van der Waals surface area (Å²) < 4.78 is 7.38. The van der Waals surface area contributed by atoms with Crippen LogP contribution >= 0.6 is 11.6 Å². The first-order chi connectivity index (χ1) is 12.1. The van der Waals surface area contributed by atoms with Crippen molar-refractivity contribution in [3.8, 4) is 0 Å². The molecule has 0 fully saturated rings. The van der Waals surface area contributed by atoms with Crippen molar-refractivity contribution in [1.82, 2.24) is 19.7 Å². The second-order valence-corrected chi connectivity index (χ2v) is 6.09. The van der Waals surface area contributed by atoms with Crippen LogP contribution < -0.4 is 5.32 Å². The van der Waals surface area contributed by atoms with Gasteiger partial charge >= 0.3 is 0 Å². The molecule has 1 N–H and O–H groups in total. The third kappa shape index (κ3) is 3.91. The van der Waals surface area contributed by atoms with Crippen LogP contribution in [0.25, 0.3) is 11.0 Å². The first-order valence-electron chi connectivity index (χ1n) is 8.46. The Kier molecular flexibility index (Phi) is 5.50. The van der Waals surface area contributed by atoms with Crippen molar-refractivity contribution in [2.45, 2.75) is 33.7 Å². The lowest BCUT2D eigenvalue weighted by Crippen LogP contribution is -2.09. The monoisotopic (exact) mass is 359 g/mol. The summed E-state index contributed by atoms with van der Waals surface area (Å²) in [6.07, 6.45) is 0.773. The van der Waals surface area contributed by atoms with Crippen LogP contribution in [0.15, 0.2) is 24.3 Å². The summed E-state index contributed by atoms with van der Waals surface area (Å²) in [5.41, 5.74) is 4.66. The Balaban J connectivity index is 2.07. The highest BCUT2D eigenvalue weighted by atomic mass is 35.5. The molecule has 0 spiro atoms. The van der Waals surface area contributed by atoms with Crippen LogP contribution in [-0.2, 0) is 17.7 Å². The molecule has 0 bridgehead atoms. The van der Waals surface area contributed by atoms with Gasteiger partial charge in [-0.2, -0.15) is 10.1 Å². The summed E-state index contributed by atoms with van der Waals surface area (Å²) in [5, 5.41) is 8.25. The van der Waals surface area contributed by atoms with E-state index in [0.29, 0.717) is 25.6 Å². The Morgan fingerprint density at radius 3 is 2.80 bits per heavy atom. The number of aromatic nitrogens is 4. The van der Waals surface area contributed by atoms with Gasteiger partial charge in [0, 0.05) is 12.3 Å². The zero-order chi connectivity index (χ0) is 17.8. The Bertz CT molecular complexity index is 877. The molecule has 0 radical (unpaired) electrons. The predicted octanol–water partition coefficient (Wildman–Crippen LogP) is 4.13. The molecule has 0 atom stereocenters. The number of hydrogen-bond acceptors (Lipinski definition) is 5. The molecule has 1 aromatic carbocycles. The number of fused-ring (bicyclic) bond motifs is 1. The molecular weight excluding hydrogens is 338 g/mol. The van der Waals surface area contributed by atoms with Crippen molar-refractivity contribution in [3.05, 3.63) is 40.8 Å². The van der Waals surface area contributed by atoms with E-state index in [1.54, 1.807) is 0 Å². The van der Waals surface area contributed by atoms with Crippen LogP contribution in [0.5, 0.6) is 0 Å². The average molecular weight is 360 g/mol. The van der Waals surface area contributed by atoms with Gasteiger partial charge in [-0.05, 0) is 49.6 Å². The van der Waals surface area contributed by atoms with Gasteiger partial charge in [-0.3, -0.25) is 4.68 Å². The number of nitrogens with zero attached hydrogens (tertiary/aromatic N) is 4. The third-order valence-corrected chi connectivity index (χ3v) is 4.07. The lowest BCUT2D eigenvalue weighted by atomic mass is 10.2. The number of rotatable bonds is 7. The highest BCUT2D eigenvalue weighted by molar-refractivity contribution is 6.28. The second-order valence-electron chi connectivity index (χ2n) is 5.75. The molecule has 0 saturated carbocycles. The molecule has 2 heterocycles. The van der Waals surface area contributed by atoms with E-state index in [1.165, 1.54) is 5.56 Å². The van der Waals surface area contributed by atoms with Gasteiger partial charge in [-0.15, -0.1) is 0 Å². The number of nitrogens with one attached hydrogen (secondary N) is 1. The minimum atomic E-state index is 0.210. The molecule has 0 aliphatic rings. The highest BCUT2D eigenvalue weighted by Crippen LogP contribution is 2.28. The van der Waals surface area contributed by atoms with Crippen molar-refractivity contribution in [2.24, 2.45) is 0 Å².